The Hall–Kier alpha value is -4.27. The Morgan fingerprint density at radius 1 is 0.941 bits per heavy atom. The minimum Gasteiger partial charge on any atom is -0.342 e. The average molecular weight is 461 g/mol. The van der Waals surface area contributed by atoms with Gasteiger partial charge in [-0.25, -0.2) is 15.0 Å². The number of hydrogen-bond acceptors (Lipinski definition) is 4. The maximum atomic E-state index is 13.6. The quantitative estimate of drug-likeness (QED) is 0.399. The van der Waals surface area contributed by atoms with E-state index >= 15 is 0 Å². The number of para-hydroxylation sites is 1. The molecule has 5 rings (SSSR count). The summed E-state index contributed by atoms with van der Waals surface area (Å²) in [4.78, 5) is 26.3. The van der Waals surface area contributed by atoms with Gasteiger partial charge in [-0.3, -0.25) is 9.20 Å². The first-order valence-electron chi connectivity index (χ1n) is 10.5. The lowest BCUT2D eigenvalue weighted by atomic mass is 10.0. The van der Waals surface area contributed by atoms with E-state index in [1.54, 1.807) is 24.4 Å². The molecule has 0 spiro atoms. The van der Waals surface area contributed by atoms with Crippen LogP contribution in [-0.4, -0.2) is 25.3 Å². The fourth-order valence-corrected chi connectivity index (χ4v) is 3.95. The molecule has 0 saturated heterocycles. The molecule has 0 aliphatic rings. The van der Waals surface area contributed by atoms with Crippen molar-refractivity contribution in [2.75, 3.05) is 0 Å². The first-order valence-corrected chi connectivity index (χ1v) is 10.5. The van der Waals surface area contributed by atoms with E-state index in [1.165, 1.54) is 22.6 Å². The van der Waals surface area contributed by atoms with E-state index in [0.717, 1.165) is 22.7 Å². The maximum Gasteiger partial charge on any atom is 0.417 e. The molecule has 6 nitrogen and oxygen atoms in total. The highest BCUT2D eigenvalue weighted by Gasteiger charge is 2.34. The molecule has 0 atom stereocenters. The Bertz CT molecular complexity index is 1540. The van der Waals surface area contributed by atoms with Crippen LogP contribution in [0.15, 0.2) is 72.9 Å². The van der Waals surface area contributed by atoms with E-state index in [2.05, 4.69) is 20.3 Å². The van der Waals surface area contributed by atoms with Crippen LogP contribution in [0.3, 0.4) is 0 Å². The predicted molar refractivity (Wildman–Crippen MR) is 121 cm³/mol. The van der Waals surface area contributed by atoms with Gasteiger partial charge in [0.1, 0.15) is 5.82 Å². The van der Waals surface area contributed by atoms with Crippen molar-refractivity contribution in [2.45, 2.75) is 19.6 Å². The summed E-state index contributed by atoms with van der Waals surface area (Å²) in [6, 6.07) is 17.7. The molecule has 0 aliphatic heterocycles. The van der Waals surface area contributed by atoms with E-state index in [-0.39, 0.29) is 23.6 Å². The minimum atomic E-state index is -4.56. The van der Waals surface area contributed by atoms with Gasteiger partial charge in [-0.15, -0.1) is 0 Å². The highest BCUT2D eigenvalue weighted by molar-refractivity contribution is 5.95. The number of imidazole rings is 1. The van der Waals surface area contributed by atoms with Gasteiger partial charge in [0.15, 0.2) is 0 Å². The minimum absolute atomic E-state index is 0.0277. The van der Waals surface area contributed by atoms with Crippen molar-refractivity contribution in [2.24, 2.45) is 0 Å². The van der Waals surface area contributed by atoms with Gasteiger partial charge in [0, 0.05) is 22.8 Å². The summed E-state index contributed by atoms with van der Waals surface area (Å²) in [5, 5.41) is 3.66. The van der Waals surface area contributed by atoms with E-state index in [0.29, 0.717) is 11.3 Å². The van der Waals surface area contributed by atoms with Crippen LogP contribution >= 0.6 is 0 Å². The number of aromatic nitrogens is 4. The second-order valence-corrected chi connectivity index (χ2v) is 7.71. The van der Waals surface area contributed by atoms with Gasteiger partial charge in [0.05, 0.1) is 28.8 Å². The molecule has 170 valence electrons. The summed E-state index contributed by atoms with van der Waals surface area (Å²) in [6.45, 7) is 1.91. The number of benzene rings is 2. The number of hydrogen-bond donors (Lipinski definition) is 1. The molecule has 1 amide bonds. The fourth-order valence-electron chi connectivity index (χ4n) is 3.95. The van der Waals surface area contributed by atoms with Gasteiger partial charge >= 0.3 is 6.18 Å². The molecule has 3 aromatic heterocycles. The van der Waals surface area contributed by atoms with Gasteiger partial charge in [0.2, 0.25) is 5.82 Å². The molecule has 0 radical (unpaired) electrons. The Balaban J connectivity index is 1.50. The lowest BCUT2D eigenvalue weighted by Crippen LogP contribution is -2.26. The summed E-state index contributed by atoms with van der Waals surface area (Å²) < 4.78 is 42.3. The number of fused-ring (bicyclic) bond motifs is 2. The highest BCUT2D eigenvalue weighted by atomic mass is 19.4. The van der Waals surface area contributed by atoms with Crippen LogP contribution in [0.1, 0.15) is 27.7 Å². The predicted octanol–water partition coefficient (Wildman–Crippen LogP) is 5.20. The van der Waals surface area contributed by atoms with Crippen LogP contribution in [0.25, 0.3) is 27.7 Å². The number of alkyl halides is 3. The zero-order valence-electron chi connectivity index (χ0n) is 18.0. The first kappa shape index (κ1) is 21.6. The third-order valence-electron chi connectivity index (χ3n) is 5.49. The fraction of sp³-hybridized carbons (Fsp3) is 0.120. The third-order valence-corrected chi connectivity index (χ3v) is 5.49. The van der Waals surface area contributed by atoms with Gasteiger partial charge < -0.3 is 5.32 Å². The number of carbonyl (C=O) groups is 1. The van der Waals surface area contributed by atoms with Crippen LogP contribution in [0.2, 0.25) is 0 Å². The van der Waals surface area contributed by atoms with E-state index in [9.17, 15) is 18.0 Å². The molecule has 0 aliphatic carbocycles. The van der Waals surface area contributed by atoms with Gasteiger partial charge in [-0.2, -0.15) is 13.2 Å². The second-order valence-electron chi connectivity index (χ2n) is 7.71. The van der Waals surface area contributed by atoms with E-state index < -0.39 is 17.6 Å². The van der Waals surface area contributed by atoms with E-state index in [4.69, 9.17) is 0 Å². The smallest absolute Gasteiger partial charge is 0.342 e. The number of nitrogens with zero attached hydrogens (tertiary/aromatic N) is 4. The van der Waals surface area contributed by atoms with Crippen molar-refractivity contribution in [1.29, 1.82) is 0 Å². The normalized spacial score (nSPS) is 11.8. The van der Waals surface area contributed by atoms with Crippen molar-refractivity contribution >= 4 is 22.3 Å². The first-order chi connectivity index (χ1) is 16.3. The zero-order valence-corrected chi connectivity index (χ0v) is 18.0. The van der Waals surface area contributed by atoms with Crippen LogP contribution in [0, 0.1) is 6.92 Å². The number of rotatable bonds is 4. The number of halogens is 3. The number of carbonyl (C=O) groups excluding carboxylic acids is 1. The van der Waals surface area contributed by atoms with Crippen molar-refractivity contribution in [3.63, 3.8) is 0 Å². The lowest BCUT2D eigenvalue weighted by molar-refractivity contribution is -0.137. The van der Waals surface area contributed by atoms with Crippen molar-refractivity contribution in [1.82, 2.24) is 24.7 Å². The monoisotopic (exact) mass is 461 g/mol. The van der Waals surface area contributed by atoms with Crippen molar-refractivity contribution in [3.8, 4) is 11.3 Å². The zero-order chi connectivity index (χ0) is 23.9. The number of nitrogens with one attached hydrogen (secondary N) is 1. The highest BCUT2D eigenvalue weighted by Crippen LogP contribution is 2.38. The topological polar surface area (TPSA) is 72.2 Å². The van der Waals surface area contributed by atoms with Crippen molar-refractivity contribution < 1.29 is 18.0 Å². The molecule has 0 fully saturated rings. The number of pyridine rings is 1. The van der Waals surface area contributed by atoms with Crippen LogP contribution < -0.4 is 5.32 Å². The summed E-state index contributed by atoms with van der Waals surface area (Å²) in [7, 11) is 0. The second kappa shape index (κ2) is 8.26. The maximum absolute atomic E-state index is 13.6. The Kier molecular flexibility index (Phi) is 5.24. The Morgan fingerprint density at radius 2 is 1.68 bits per heavy atom. The number of aryl methyl sites for hydroxylation is 1. The summed E-state index contributed by atoms with van der Waals surface area (Å²) >= 11 is 0. The molecule has 2 aromatic carbocycles. The molecule has 34 heavy (non-hydrogen) atoms. The molecule has 9 heteroatoms. The van der Waals surface area contributed by atoms with Crippen LogP contribution in [0.5, 0.6) is 0 Å². The Labute approximate surface area is 192 Å². The standard InChI is InChI=1S/C25H18F3N5O/c1-15-16-8-3-5-11-19(16)31-21(30-15)14-29-24(34)23-32-22(20-12-6-7-13-33(20)23)17-9-2-4-10-18(17)25(26,27)28/h2-13H,14H2,1H3,(H,29,34). The molecule has 3 heterocycles. The lowest BCUT2D eigenvalue weighted by Gasteiger charge is -2.11. The average Bonchev–Trinajstić information content (AvgIpc) is 3.22. The third kappa shape index (κ3) is 3.85. The van der Waals surface area contributed by atoms with Gasteiger partial charge in [0.25, 0.3) is 5.91 Å². The molecule has 1 N–H and O–H groups in total. The largest absolute Gasteiger partial charge is 0.417 e. The molecular weight excluding hydrogens is 443 g/mol. The summed E-state index contributed by atoms with van der Waals surface area (Å²) in [5.74, 6) is -0.153. The molecule has 0 bridgehead atoms. The van der Waals surface area contributed by atoms with Gasteiger partial charge in [-0.1, -0.05) is 42.5 Å². The summed E-state index contributed by atoms with van der Waals surface area (Å²) in [5.41, 5.74) is 1.11. The molecule has 0 saturated carbocycles. The number of amides is 1. The molecule has 5 aromatic rings. The van der Waals surface area contributed by atoms with Crippen LogP contribution in [-0.2, 0) is 12.7 Å². The van der Waals surface area contributed by atoms with Crippen molar-refractivity contribution in [3.05, 3.63) is 95.8 Å². The molecular formula is C25H18F3N5O. The van der Waals surface area contributed by atoms with E-state index in [1.807, 2.05) is 31.2 Å². The SMILES string of the molecule is Cc1nc(CNC(=O)c2nc(-c3ccccc3C(F)(F)F)c3ccccn23)nc2ccccc12. The van der Waals surface area contributed by atoms with Crippen LogP contribution in [0.4, 0.5) is 13.2 Å². The Morgan fingerprint density at radius 3 is 2.50 bits per heavy atom. The molecule has 0 unspecified atom stereocenters. The summed E-state index contributed by atoms with van der Waals surface area (Å²) in [6.07, 6.45) is -2.97. The van der Waals surface area contributed by atoms with Gasteiger partial charge in [-0.05, 0) is 31.2 Å².